The van der Waals surface area contributed by atoms with E-state index in [1.165, 1.54) is 12.1 Å². The largest absolute Gasteiger partial charge is 0.573 e. The summed E-state index contributed by atoms with van der Waals surface area (Å²) in [4.78, 5) is 0. The standard InChI is InChI=1S/C11H13F3O2/c1-7(2)5-8-6-9(3-4-10(8)15)16-11(12,13)14/h3-4,6-7,15H,5H2,1-2H3. The number of hydrogen-bond donors (Lipinski definition) is 1. The van der Waals surface area contributed by atoms with Gasteiger partial charge < -0.3 is 9.84 Å². The van der Waals surface area contributed by atoms with E-state index in [2.05, 4.69) is 4.74 Å². The van der Waals surface area contributed by atoms with Crippen LogP contribution in [0, 0.1) is 5.92 Å². The van der Waals surface area contributed by atoms with Crippen LogP contribution in [0.5, 0.6) is 11.5 Å². The second-order valence-electron chi connectivity index (χ2n) is 3.94. The summed E-state index contributed by atoms with van der Waals surface area (Å²) in [6.07, 6.45) is -4.20. The van der Waals surface area contributed by atoms with Gasteiger partial charge >= 0.3 is 6.36 Å². The highest BCUT2D eigenvalue weighted by Crippen LogP contribution is 2.29. The minimum absolute atomic E-state index is 0.0109. The Balaban J connectivity index is 2.89. The minimum atomic E-state index is -4.70. The number of alkyl halides is 3. The molecule has 0 heterocycles. The van der Waals surface area contributed by atoms with E-state index in [1.54, 1.807) is 0 Å². The third-order valence-corrected chi connectivity index (χ3v) is 1.91. The van der Waals surface area contributed by atoms with Gasteiger partial charge in [-0.2, -0.15) is 0 Å². The van der Waals surface area contributed by atoms with Crippen LogP contribution in [0.2, 0.25) is 0 Å². The lowest BCUT2D eigenvalue weighted by Crippen LogP contribution is -2.17. The molecular weight excluding hydrogens is 221 g/mol. The van der Waals surface area contributed by atoms with Gasteiger partial charge in [-0.3, -0.25) is 0 Å². The highest BCUT2D eigenvalue weighted by atomic mass is 19.4. The van der Waals surface area contributed by atoms with Crippen LogP contribution in [0.1, 0.15) is 19.4 Å². The molecule has 16 heavy (non-hydrogen) atoms. The number of halogens is 3. The zero-order chi connectivity index (χ0) is 12.3. The Kier molecular flexibility index (Phi) is 3.67. The van der Waals surface area contributed by atoms with Gasteiger partial charge in [0.05, 0.1) is 0 Å². The lowest BCUT2D eigenvalue weighted by Gasteiger charge is -2.12. The van der Waals surface area contributed by atoms with Crippen molar-refractivity contribution in [1.82, 2.24) is 0 Å². The molecule has 0 saturated heterocycles. The van der Waals surface area contributed by atoms with E-state index in [0.29, 0.717) is 12.0 Å². The Morgan fingerprint density at radius 2 is 1.94 bits per heavy atom. The molecule has 0 saturated carbocycles. The first-order chi connectivity index (χ1) is 7.28. The van der Waals surface area contributed by atoms with E-state index < -0.39 is 6.36 Å². The Morgan fingerprint density at radius 3 is 2.44 bits per heavy atom. The number of hydrogen-bond acceptors (Lipinski definition) is 2. The summed E-state index contributed by atoms with van der Waals surface area (Å²) in [5.74, 6) is -0.0730. The van der Waals surface area contributed by atoms with Gasteiger partial charge in [-0.25, -0.2) is 0 Å². The second kappa shape index (κ2) is 4.63. The molecule has 90 valence electrons. The van der Waals surface area contributed by atoms with Crippen LogP contribution in [-0.2, 0) is 6.42 Å². The predicted octanol–water partition coefficient (Wildman–Crippen LogP) is 3.49. The molecule has 0 fully saturated rings. The number of ether oxygens (including phenoxy) is 1. The normalized spacial score (nSPS) is 11.9. The zero-order valence-electron chi connectivity index (χ0n) is 9.01. The molecule has 1 aromatic rings. The van der Waals surface area contributed by atoms with Crippen molar-refractivity contribution in [3.8, 4) is 11.5 Å². The third-order valence-electron chi connectivity index (χ3n) is 1.91. The molecule has 0 amide bonds. The maximum atomic E-state index is 12.0. The first-order valence-corrected chi connectivity index (χ1v) is 4.85. The van der Waals surface area contributed by atoms with Crippen LogP contribution in [0.3, 0.4) is 0 Å². The lowest BCUT2D eigenvalue weighted by molar-refractivity contribution is -0.274. The Hall–Kier alpha value is -1.39. The molecule has 0 atom stereocenters. The first kappa shape index (κ1) is 12.7. The van der Waals surface area contributed by atoms with E-state index in [-0.39, 0.29) is 17.4 Å². The van der Waals surface area contributed by atoms with Crippen molar-refractivity contribution in [2.24, 2.45) is 5.92 Å². The first-order valence-electron chi connectivity index (χ1n) is 4.85. The second-order valence-corrected chi connectivity index (χ2v) is 3.94. The van der Waals surface area contributed by atoms with E-state index >= 15 is 0 Å². The third kappa shape index (κ3) is 4.00. The molecule has 2 nitrogen and oxygen atoms in total. The van der Waals surface area contributed by atoms with Crippen molar-refractivity contribution in [3.63, 3.8) is 0 Å². The predicted molar refractivity (Wildman–Crippen MR) is 53.3 cm³/mol. The molecule has 0 aromatic heterocycles. The molecule has 0 aliphatic heterocycles. The molecule has 1 aromatic carbocycles. The van der Waals surface area contributed by atoms with Gasteiger partial charge in [0.15, 0.2) is 0 Å². The maximum absolute atomic E-state index is 12.0. The average Bonchev–Trinajstić information content (AvgIpc) is 2.07. The average molecular weight is 234 g/mol. The fraction of sp³-hybridized carbons (Fsp3) is 0.455. The van der Waals surface area contributed by atoms with Crippen LogP contribution >= 0.6 is 0 Å². The van der Waals surface area contributed by atoms with Crippen LogP contribution in [0.25, 0.3) is 0 Å². The summed E-state index contributed by atoms with van der Waals surface area (Å²) in [5, 5.41) is 9.45. The molecule has 0 aliphatic rings. The smallest absolute Gasteiger partial charge is 0.508 e. The topological polar surface area (TPSA) is 29.5 Å². The number of benzene rings is 1. The lowest BCUT2D eigenvalue weighted by atomic mass is 10.0. The van der Waals surface area contributed by atoms with Crippen molar-refractivity contribution in [2.45, 2.75) is 26.6 Å². The SMILES string of the molecule is CC(C)Cc1cc(OC(F)(F)F)ccc1O. The van der Waals surface area contributed by atoms with Crippen LogP contribution in [0.15, 0.2) is 18.2 Å². The highest BCUT2D eigenvalue weighted by molar-refractivity contribution is 5.39. The fourth-order valence-corrected chi connectivity index (χ4v) is 1.36. The quantitative estimate of drug-likeness (QED) is 0.867. The van der Waals surface area contributed by atoms with E-state index in [4.69, 9.17) is 0 Å². The van der Waals surface area contributed by atoms with Crippen LogP contribution < -0.4 is 4.74 Å². The highest BCUT2D eigenvalue weighted by Gasteiger charge is 2.31. The molecule has 0 bridgehead atoms. The van der Waals surface area contributed by atoms with Gasteiger partial charge in [-0.15, -0.1) is 13.2 Å². The molecule has 0 unspecified atom stereocenters. The fourth-order valence-electron chi connectivity index (χ4n) is 1.36. The van der Waals surface area contributed by atoms with Gasteiger partial charge in [-0.1, -0.05) is 13.8 Å². The number of rotatable bonds is 3. The summed E-state index contributed by atoms with van der Waals surface area (Å²) >= 11 is 0. The van der Waals surface area contributed by atoms with Gasteiger partial charge in [0.25, 0.3) is 0 Å². The molecule has 0 radical (unpaired) electrons. The van der Waals surface area contributed by atoms with Crippen LogP contribution in [-0.4, -0.2) is 11.5 Å². The van der Waals surface area contributed by atoms with Crippen LogP contribution in [0.4, 0.5) is 13.2 Å². The maximum Gasteiger partial charge on any atom is 0.573 e. The molecule has 0 aliphatic carbocycles. The minimum Gasteiger partial charge on any atom is -0.508 e. The van der Waals surface area contributed by atoms with Crippen molar-refractivity contribution in [2.75, 3.05) is 0 Å². The zero-order valence-corrected chi connectivity index (χ0v) is 9.01. The van der Waals surface area contributed by atoms with E-state index in [1.807, 2.05) is 13.8 Å². The molecule has 1 N–H and O–H groups in total. The number of phenols is 1. The van der Waals surface area contributed by atoms with Crippen molar-refractivity contribution >= 4 is 0 Å². The van der Waals surface area contributed by atoms with E-state index in [0.717, 1.165) is 6.07 Å². The van der Waals surface area contributed by atoms with Gasteiger partial charge in [0.2, 0.25) is 0 Å². The van der Waals surface area contributed by atoms with Crippen molar-refractivity contribution in [1.29, 1.82) is 0 Å². The van der Waals surface area contributed by atoms with Crippen molar-refractivity contribution < 1.29 is 23.0 Å². The molecular formula is C11H13F3O2. The Bertz CT molecular complexity index is 359. The van der Waals surface area contributed by atoms with E-state index in [9.17, 15) is 18.3 Å². The Labute approximate surface area is 91.7 Å². The molecule has 5 heteroatoms. The summed E-state index contributed by atoms with van der Waals surface area (Å²) in [5.41, 5.74) is 0.455. The summed E-state index contributed by atoms with van der Waals surface area (Å²) in [7, 11) is 0. The summed E-state index contributed by atoms with van der Waals surface area (Å²) < 4.78 is 39.6. The van der Waals surface area contributed by atoms with Gasteiger partial charge in [0, 0.05) is 0 Å². The monoisotopic (exact) mass is 234 g/mol. The number of phenolic OH excluding ortho intramolecular Hbond substituents is 1. The van der Waals surface area contributed by atoms with Gasteiger partial charge in [-0.05, 0) is 36.1 Å². The van der Waals surface area contributed by atoms with Gasteiger partial charge in [0.1, 0.15) is 11.5 Å². The molecule has 0 spiro atoms. The summed E-state index contributed by atoms with van der Waals surface area (Å²) in [6, 6.07) is 3.51. The Morgan fingerprint density at radius 1 is 1.31 bits per heavy atom. The molecule has 1 rings (SSSR count). The number of aromatic hydroxyl groups is 1. The van der Waals surface area contributed by atoms with Crippen molar-refractivity contribution in [3.05, 3.63) is 23.8 Å². The summed E-state index contributed by atoms with van der Waals surface area (Å²) in [6.45, 7) is 3.83.